The fourth-order valence-electron chi connectivity index (χ4n) is 6.26. The zero-order valence-electron chi connectivity index (χ0n) is 25.7. The Balaban J connectivity index is 1.55. The van der Waals surface area contributed by atoms with Gasteiger partial charge in [-0.05, 0) is 6.42 Å². The number of hydrogen-bond acceptors (Lipinski definition) is 21. The van der Waals surface area contributed by atoms with Crippen molar-refractivity contribution >= 4 is 0 Å². The Morgan fingerprint density at radius 3 is 1.62 bits per heavy atom. The highest BCUT2D eigenvalue weighted by Crippen LogP contribution is 2.34. The van der Waals surface area contributed by atoms with E-state index in [9.17, 15) is 46.0 Å². The number of aliphatic hydroxyl groups is 9. The van der Waals surface area contributed by atoms with Crippen molar-refractivity contribution in [2.75, 3.05) is 32.8 Å². The van der Waals surface area contributed by atoms with Crippen molar-refractivity contribution in [2.24, 2.45) is 28.7 Å². The van der Waals surface area contributed by atoms with Gasteiger partial charge in [-0.3, -0.25) is 0 Å². The second-order valence-corrected chi connectivity index (χ2v) is 12.4. The fraction of sp³-hybridized carbons (Fsp3) is 1.00. The molecule has 276 valence electrons. The summed E-state index contributed by atoms with van der Waals surface area (Å²) in [6.45, 7) is -1.74. The Labute approximate surface area is 270 Å². The van der Waals surface area contributed by atoms with Crippen LogP contribution in [0.4, 0.5) is 0 Å². The smallest absolute Gasteiger partial charge is 0.187 e. The molecule has 0 radical (unpaired) electrons. The first kappa shape index (κ1) is 39.0. The quantitative estimate of drug-likeness (QED) is 0.0853. The van der Waals surface area contributed by atoms with Crippen LogP contribution in [0.15, 0.2) is 0 Å². The molecule has 20 atom stereocenters. The van der Waals surface area contributed by atoms with Gasteiger partial charge in [0, 0.05) is 31.7 Å². The van der Waals surface area contributed by atoms with Crippen LogP contribution in [-0.2, 0) is 28.4 Å². The molecule has 1 unspecified atom stereocenters. The summed E-state index contributed by atoms with van der Waals surface area (Å²) in [7, 11) is 0. The van der Waals surface area contributed by atoms with Gasteiger partial charge in [-0.25, -0.2) is 0 Å². The average molecular weight is 689 g/mol. The van der Waals surface area contributed by atoms with Gasteiger partial charge < -0.3 is 108 Å². The molecule has 20 N–H and O–H groups in total. The average Bonchev–Trinajstić information content (AvgIpc) is 3.36. The number of hydrogen-bond donors (Lipinski definition) is 15. The maximum absolute atomic E-state index is 11.5. The summed E-state index contributed by atoms with van der Waals surface area (Å²) in [5.74, 6) is 0. The van der Waals surface area contributed by atoms with Crippen LogP contribution in [0.2, 0.25) is 0 Å². The lowest BCUT2D eigenvalue weighted by Gasteiger charge is -2.48. The van der Waals surface area contributed by atoms with E-state index in [1.54, 1.807) is 0 Å². The Morgan fingerprint density at radius 2 is 1.13 bits per heavy atom. The monoisotopic (exact) mass is 688 g/mol. The van der Waals surface area contributed by atoms with Gasteiger partial charge in [0.1, 0.15) is 67.1 Å². The largest absolute Gasteiger partial charge is 0.394 e. The Hall–Kier alpha value is -0.840. The first-order chi connectivity index (χ1) is 22.3. The minimum atomic E-state index is -1.66. The van der Waals surface area contributed by atoms with E-state index < -0.39 is 136 Å². The minimum Gasteiger partial charge on any atom is -0.394 e. The van der Waals surface area contributed by atoms with Crippen molar-refractivity contribution in [3.63, 3.8) is 0 Å². The number of nitrogens with one attached hydrogen (secondary N) is 1. The maximum atomic E-state index is 11.5. The molecule has 3 aliphatic heterocycles. The van der Waals surface area contributed by atoms with Crippen LogP contribution in [0.1, 0.15) is 6.42 Å². The molecule has 4 fully saturated rings. The van der Waals surface area contributed by atoms with Crippen molar-refractivity contribution < 1.29 is 74.4 Å². The summed E-state index contributed by atoms with van der Waals surface area (Å²) >= 11 is 0. The van der Waals surface area contributed by atoms with Crippen LogP contribution in [-0.4, -0.2) is 201 Å². The molecule has 4 aliphatic rings. The molecule has 0 amide bonds. The van der Waals surface area contributed by atoms with E-state index >= 15 is 0 Å². The second-order valence-electron chi connectivity index (χ2n) is 12.4. The van der Waals surface area contributed by atoms with Crippen molar-refractivity contribution in [3.05, 3.63) is 0 Å². The molecular formula is C26H52N6O15. The van der Waals surface area contributed by atoms with Gasteiger partial charge in [-0.1, -0.05) is 0 Å². The predicted molar refractivity (Wildman–Crippen MR) is 155 cm³/mol. The van der Waals surface area contributed by atoms with E-state index in [0.717, 1.165) is 0 Å². The van der Waals surface area contributed by atoms with Gasteiger partial charge >= 0.3 is 0 Å². The SMILES string of the molecule is NC[C@@H]1O[C@H](O[C@H]2[C@@H](O)[C@H](O[C@@H]3[C@@H](O)[C@H](NCC(O)CO)C[C@H](N)[C@H]3O[C@H]3O[C@H](CN)[C@H](O)[C@@H](O)[C@H]3N)O[C@@H]2CO)[C@H](N)[C@@H](O)[C@@H]1O. The molecule has 3 saturated heterocycles. The lowest BCUT2D eigenvalue weighted by atomic mass is 9.83. The van der Waals surface area contributed by atoms with Crippen LogP contribution < -0.4 is 34.0 Å². The highest BCUT2D eigenvalue weighted by Gasteiger charge is 2.54. The molecule has 1 aliphatic carbocycles. The van der Waals surface area contributed by atoms with E-state index in [4.69, 9.17) is 57.1 Å². The van der Waals surface area contributed by atoms with Crippen molar-refractivity contribution in [1.82, 2.24) is 5.32 Å². The van der Waals surface area contributed by atoms with Crippen LogP contribution in [0.5, 0.6) is 0 Å². The molecule has 21 heteroatoms. The molecule has 4 rings (SSSR count). The first-order valence-corrected chi connectivity index (χ1v) is 15.6. The van der Waals surface area contributed by atoms with E-state index in [1.165, 1.54) is 0 Å². The standard InChI is InChI=1S/C26H52N6O15/c27-2-10-16(37)18(39)13(30)24(42-10)45-21-8(29)1-9(32-4-7(35)5-33)15(36)23(21)47-26-20(41)22(12(6-34)44-26)46-25-14(31)19(40)17(38)11(3-28)43-25/h7-26,32-41H,1-6,27-31H2/t7?,8-,9+,10+,11-,12+,13+,14+,15-,16-,17+,18-,19+,20+,21+,22+,23+,24+,25+,26-/m0/s1. The fourth-order valence-corrected chi connectivity index (χ4v) is 6.26. The molecule has 0 aromatic rings. The normalized spacial score (nSPS) is 50.0. The Bertz CT molecular complexity index is 964. The molecular weight excluding hydrogens is 636 g/mol. The summed E-state index contributed by atoms with van der Waals surface area (Å²) in [5.41, 5.74) is 29.9. The summed E-state index contributed by atoms with van der Waals surface area (Å²) in [5, 5.41) is 96.1. The van der Waals surface area contributed by atoms with Crippen LogP contribution >= 0.6 is 0 Å². The zero-order chi connectivity index (χ0) is 34.7. The number of rotatable bonds is 13. The molecule has 47 heavy (non-hydrogen) atoms. The van der Waals surface area contributed by atoms with Gasteiger partial charge in [0.25, 0.3) is 0 Å². The second kappa shape index (κ2) is 16.9. The number of ether oxygens (including phenoxy) is 6. The third-order valence-electron chi connectivity index (χ3n) is 9.15. The summed E-state index contributed by atoms with van der Waals surface area (Å²) in [6, 6.07) is -4.32. The molecule has 3 heterocycles. The van der Waals surface area contributed by atoms with E-state index in [0.29, 0.717) is 0 Å². The van der Waals surface area contributed by atoms with Gasteiger partial charge in [-0.2, -0.15) is 0 Å². The Kier molecular flexibility index (Phi) is 14.0. The van der Waals surface area contributed by atoms with Crippen molar-refractivity contribution in [3.8, 4) is 0 Å². The third-order valence-corrected chi connectivity index (χ3v) is 9.15. The maximum Gasteiger partial charge on any atom is 0.187 e. The molecule has 0 bridgehead atoms. The highest BCUT2D eigenvalue weighted by atomic mass is 16.8. The third kappa shape index (κ3) is 8.39. The Morgan fingerprint density at radius 1 is 0.638 bits per heavy atom. The lowest BCUT2D eigenvalue weighted by Crippen LogP contribution is -2.68. The molecule has 1 saturated carbocycles. The summed E-state index contributed by atoms with van der Waals surface area (Å²) in [6.07, 6.45) is -21.8. The van der Waals surface area contributed by atoms with Gasteiger partial charge in [0.15, 0.2) is 18.9 Å². The van der Waals surface area contributed by atoms with Gasteiger partial charge in [0.05, 0.1) is 37.5 Å². The van der Waals surface area contributed by atoms with Crippen molar-refractivity contribution in [2.45, 2.75) is 129 Å². The van der Waals surface area contributed by atoms with Crippen LogP contribution in [0.3, 0.4) is 0 Å². The zero-order valence-corrected chi connectivity index (χ0v) is 25.7. The molecule has 0 aromatic heterocycles. The van der Waals surface area contributed by atoms with Crippen molar-refractivity contribution in [1.29, 1.82) is 0 Å². The number of aliphatic hydroxyl groups excluding tert-OH is 9. The minimum absolute atomic E-state index is 0.0454. The molecule has 0 spiro atoms. The molecule has 21 nitrogen and oxygen atoms in total. The van der Waals surface area contributed by atoms with E-state index in [2.05, 4.69) is 5.32 Å². The van der Waals surface area contributed by atoms with Gasteiger partial charge in [0.2, 0.25) is 0 Å². The van der Waals surface area contributed by atoms with Gasteiger partial charge in [-0.15, -0.1) is 0 Å². The summed E-state index contributed by atoms with van der Waals surface area (Å²) < 4.78 is 35.0. The van der Waals surface area contributed by atoms with E-state index in [1.807, 2.05) is 0 Å². The van der Waals surface area contributed by atoms with E-state index in [-0.39, 0.29) is 26.1 Å². The topological polar surface area (TPSA) is 380 Å². The van der Waals surface area contributed by atoms with Crippen LogP contribution in [0, 0.1) is 0 Å². The lowest BCUT2D eigenvalue weighted by molar-refractivity contribution is -0.307. The first-order valence-electron chi connectivity index (χ1n) is 15.6. The highest BCUT2D eigenvalue weighted by molar-refractivity contribution is 5.03. The predicted octanol–water partition coefficient (Wildman–Crippen LogP) is -9.91. The number of nitrogens with two attached hydrogens (primary N) is 5. The molecule has 0 aromatic carbocycles. The van der Waals surface area contributed by atoms with Crippen LogP contribution in [0.25, 0.3) is 0 Å². The summed E-state index contributed by atoms with van der Waals surface area (Å²) in [4.78, 5) is 0.